The molecule has 364 valence electrons. The van der Waals surface area contributed by atoms with Crippen molar-refractivity contribution in [1.82, 2.24) is 18.5 Å². The average Bonchev–Trinajstić information content (AvgIpc) is 4.05. The van der Waals surface area contributed by atoms with E-state index in [9.17, 15) is 2.74 Å². The summed E-state index contributed by atoms with van der Waals surface area (Å²) in [7, 11) is 0. The van der Waals surface area contributed by atoms with Crippen molar-refractivity contribution in [3.63, 3.8) is 0 Å². The molecule has 0 N–H and O–H groups in total. The molecule has 73 heavy (non-hydrogen) atoms. The quantitative estimate of drug-likeness (QED) is 0.167. The van der Waals surface area contributed by atoms with E-state index < -0.39 is 18.1 Å². The molecule has 7 heteroatoms. The van der Waals surface area contributed by atoms with Gasteiger partial charge in [-0.15, -0.1) is 0 Å². The Morgan fingerprint density at radius 1 is 0.493 bits per heavy atom. The van der Waals surface area contributed by atoms with Crippen molar-refractivity contribution in [3.05, 3.63) is 209 Å². The summed E-state index contributed by atoms with van der Waals surface area (Å²) in [5.74, 6) is 2.05. The number of benzene rings is 8. The van der Waals surface area contributed by atoms with Crippen molar-refractivity contribution in [3.8, 4) is 45.3 Å². The van der Waals surface area contributed by atoms with Crippen LogP contribution in [0.3, 0.4) is 0 Å². The molecule has 0 aliphatic heterocycles. The van der Waals surface area contributed by atoms with E-state index in [1.165, 1.54) is 5.56 Å². The zero-order valence-corrected chi connectivity index (χ0v) is 44.7. The third-order valence-corrected chi connectivity index (χ3v) is 15.1. The standard InChI is InChI=1S/C66H58N4O2.Pt/c1-64(2,3)44-33-34-67-61(38-44)70-55-26-15-13-21-51(55)52-31-29-47(39-57(52)70)71-48-30-32-60-58(40-48)69-41-68(56-27-18-25-54(63(56)69)53-22-14-16-28-59(53)72-60)62-49(42-19-11-10-12-20-42)23-17-24-50(62)43-35-45(65(4,5)6)37-46(36-43)66(7,8)9;/h10-40H,1-9H3;/i10D,11D,12D,19D,20D;. The van der Waals surface area contributed by atoms with Gasteiger partial charge < -0.3 is 0 Å². The molecular formula is C66H58N4O2Pt. The molecule has 0 unspecified atom stereocenters. The number of para-hydroxylation sites is 4. The van der Waals surface area contributed by atoms with Gasteiger partial charge in [-0.25, -0.2) is 0 Å². The molecule has 0 saturated heterocycles. The van der Waals surface area contributed by atoms with Gasteiger partial charge in [0.25, 0.3) is 0 Å². The second-order valence-electron chi connectivity index (χ2n) is 22.1. The molecule has 12 aromatic rings. The molecule has 0 radical (unpaired) electrons. The van der Waals surface area contributed by atoms with Gasteiger partial charge in [0.1, 0.15) is 0 Å². The van der Waals surface area contributed by atoms with E-state index in [2.05, 4.69) is 186 Å². The minimum atomic E-state index is -0.445. The molecule has 0 bridgehead atoms. The number of imidazole rings is 1. The second kappa shape index (κ2) is 17.3. The van der Waals surface area contributed by atoms with Gasteiger partial charge >= 0.3 is 390 Å². The molecule has 6 nitrogen and oxygen atoms in total. The van der Waals surface area contributed by atoms with Crippen molar-refractivity contribution in [1.29, 1.82) is 0 Å². The fraction of sp³-hybridized carbons (Fsp3) is 0.182. The van der Waals surface area contributed by atoms with Crippen LogP contribution in [0.4, 0.5) is 0 Å². The molecular weight excluding hydrogens is 1080 g/mol. The average molecular weight is 1140 g/mol. The normalized spacial score (nSPS) is 13.5. The monoisotopic (exact) mass is 1140 g/mol. The first kappa shape index (κ1) is 41.0. The predicted octanol–water partition coefficient (Wildman–Crippen LogP) is 17.9. The van der Waals surface area contributed by atoms with Crippen LogP contribution in [0.2, 0.25) is 0 Å². The molecule has 4 aromatic heterocycles. The maximum absolute atomic E-state index is 9.43. The van der Waals surface area contributed by atoms with E-state index in [1.54, 1.807) is 0 Å². The van der Waals surface area contributed by atoms with Crippen LogP contribution in [0.1, 0.15) is 85.9 Å². The van der Waals surface area contributed by atoms with Crippen molar-refractivity contribution in [2.45, 2.75) is 78.6 Å². The number of hydrogen-bond acceptors (Lipinski definition) is 3. The first-order valence-electron chi connectivity index (χ1n) is 27.3. The van der Waals surface area contributed by atoms with Crippen LogP contribution in [0.15, 0.2) is 192 Å². The third-order valence-electron chi connectivity index (χ3n) is 14.1. The van der Waals surface area contributed by atoms with E-state index >= 15 is 0 Å². The van der Waals surface area contributed by atoms with E-state index in [1.807, 2.05) is 66.9 Å². The van der Waals surface area contributed by atoms with Gasteiger partial charge in [-0.3, -0.25) is 0 Å². The van der Waals surface area contributed by atoms with Crippen molar-refractivity contribution < 1.29 is 35.4 Å². The number of fused-ring (bicyclic) bond motifs is 7. The minimum absolute atomic E-state index is 0.0754. The summed E-state index contributed by atoms with van der Waals surface area (Å²) in [5, 5.41) is 4.02. The van der Waals surface area contributed by atoms with Gasteiger partial charge in [0.2, 0.25) is 0 Å². The van der Waals surface area contributed by atoms with Crippen LogP contribution >= 0.6 is 0 Å². The Balaban J connectivity index is 1.16. The van der Waals surface area contributed by atoms with Crippen molar-refractivity contribution in [2.24, 2.45) is 0 Å². The molecule has 0 saturated carbocycles. The number of nitrogens with zero attached hydrogens (tertiary/aromatic N) is 4. The first-order chi connectivity index (χ1) is 37.1. The fourth-order valence-corrected chi connectivity index (χ4v) is 11.3. The first-order valence-corrected chi connectivity index (χ1v) is 25.9. The van der Waals surface area contributed by atoms with Crippen LogP contribution < -0.4 is 4.74 Å². The van der Waals surface area contributed by atoms with Crippen LogP contribution in [-0.4, -0.2) is 18.5 Å². The third kappa shape index (κ3) is 8.08. The predicted molar refractivity (Wildman–Crippen MR) is 299 cm³/mol. The van der Waals surface area contributed by atoms with E-state index in [0.717, 1.165) is 75.5 Å². The Bertz CT molecular complexity index is 4520. The SMILES string of the molecule is [2H]c1c([2H])c([2H])c(-c2cccc(-c3cc(C(C)(C)C)cc(C(C)(C)C)c3)c2-n2[c](=[Pt])n3c4cc(Oc5ccc6c7ccccc7n(-c7cc(C(C)(C)C)ccn7)c6c5)ccc4oc4ccccc4c4cccc2c43)c([2H])c1[2H]. The summed E-state index contributed by atoms with van der Waals surface area (Å²) in [6.07, 6.45) is 1.89. The number of pyridine rings is 1. The van der Waals surface area contributed by atoms with E-state index in [-0.39, 0.29) is 33.9 Å². The molecule has 0 aliphatic rings. The molecule has 0 spiro atoms. The molecule has 8 aromatic carbocycles. The van der Waals surface area contributed by atoms with Crippen LogP contribution in [0, 0.1) is 3.80 Å². The van der Waals surface area contributed by atoms with E-state index in [4.69, 9.17) is 18.3 Å². The molecule has 0 aliphatic carbocycles. The molecule has 0 fully saturated rings. The second-order valence-corrected chi connectivity index (χ2v) is 23.1. The summed E-state index contributed by atoms with van der Waals surface area (Å²) in [6.45, 7) is 19.9. The Labute approximate surface area is 444 Å². The van der Waals surface area contributed by atoms with Crippen LogP contribution in [-0.2, 0) is 35.6 Å². The van der Waals surface area contributed by atoms with Gasteiger partial charge in [0.15, 0.2) is 0 Å². The topological polar surface area (TPSA) is 49.5 Å². The van der Waals surface area contributed by atoms with Crippen molar-refractivity contribution >= 4 is 60.3 Å². The maximum atomic E-state index is 9.43. The summed E-state index contributed by atoms with van der Waals surface area (Å²) in [5.41, 5.74) is 11.8. The Morgan fingerprint density at radius 2 is 1.10 bits per heavy atom. The van der Waals surface area contributed by atoms with Gasteiger partial charge in [-0.1, -0.05) is 32.9 Å². The number of hydrogen-bond donors (Lipinski definition) is 0. The van der Waals surface area contributed by atoms with Gasteiger partial charge in [-0.05, 0) is 17.0 Å². The van der Waals surface area contributed by atoms with Crippen molar-refractivity contribution in [2.75, 3.05) is 0 Å². The molecule has 12 rings (SSSR count). The summed E-state index contributed by atoms with van der Waals surface area (Å²) < 4.78 is 66.6. The van der Waals surface area contributed by atoms with Gasteiger partial charge in [0, 0.05) is 6.20 Å². The Morgan fingerprint density at radius 3 is 1.82 bits per heavy atom. The molecule has 4 heterocycles. The summed E-state index contributed by atoms with van der Waals surface area (Å²) >= 11 is 2.39. The molecule has 0 amide bonds. The zero-order valence-electron chi connectivity index (χ0n) is 47.4. The Kier molecular flexibility index (Phi) is 9.72. The van der Waals surface area contributed by atoms with E-state index in [0.29, 0.717) is 39.4 Å². The summed E-state index contributed by atoms with van der Waals surface area (Å²) in [4.78, 5) is 4.91. The van der Waals surface area contributed by atoms with Gasteiger partial charge in [0.05, 0.1) is 0 Å². The van der Waals surface area contributed by atoms with Gasteiger partial charge in [-0.2, -0.15) is 0 Å². The van der Waals surface area contributed by atoms with Crippen LogP contribution in [0.25, 0.3) is 94.1 Å². The number of aromatic nitrogens is 4. The fourth-order valence-electron chi connectivity index (χ4n) is 10.2. The molecule has 0 atom stereocenters. The number of rotatable bonds is 6. The van der Waals surface area contributed by atoms with Crippen LogP contribution in [0.5, 0.6) is 11.5 Å². The zero-order chi connectivity index (χ0) is 54.9. The number of ether oxygens (including phenoxy) is 1. The Hall–Kier alpha value is -7.53. The summed E-state index contributed by atoms with van der Waals surface area (Å²) in [6, 6.07) is 50.0.